The molecule has 0 spiro atoms. The molecule has 8 aromatic carbocycles. The first-order valence-corrected chi connectivity index (χ1v) is 18.8. The second kappa shape index (κ2) is 13.0. The molecule has 0 bridgehead atoms. The fourth-order valence-electron chi connectivity index (χ4n) is 8.00. The standard InChI is InChI=1S/C51H32N4O/c1-3-13-33(14-4-1)35-25-27-36(28-26-35)49-52-50(39-18-11-17-38(31-39)40-21-12-24-47-48(40)43-20-8-10-23-46(43)56-47)54-51(53-49)55-44-22-9-7-19-41(44)42-30-29-37(32-45(42)55)34-15-5-2-6-16-34/h1-32H. The molecule has 0 aliphatic rings. The van der Waals surface area contributed by atoms with Crippen LogP contribution in [0.15, 0.2) is 199 Å². The topological polar surface area (TPSA) is 56.7 Å². The van der Waals surface area contributed by atoms with Gasteiger partial charge in [0.1, 0.15) is 11.2 Å². The molecule has 11 rings (SSSR count). The lowest BCUT2D eigenvalue weighted by molar-refractivity contribution is 0.669. The molecule has 3 heterocycles. The lowest BCUT2D eigenvalue weighted by Gasteiger charge is -2.12. The average molecular weight is 717 g/mol. The number of hydrogen-bond donors (Lipinski definition) is 0. The Balaban J connectivity index is 1.13. The highest BCUT2D eigenvalue weighted by Gasteiger charge is 2.19. The molecule has 0 amide bonds. The third-order valence-corrected chi connectivity index (χ3v) is 10.7. The molecule has 5 nitrogen and oxygen atoms in total. The predicted molar refractivity (Wildman–Crippen MR) is 229 cm³/mol. The molecule has 0 fully saturated rings. The van der Waals surface area contributed by atoms with Crippen LogP contribution in [-0.2, 0) is 0 Å². The minimum atomic E-state index is 0.557. The van der Waals surface area contributed by atoms with E-state index >= 15 is 0 Å². The number of hydrogen-bond acceptors (Lipinski definition) is 4. The van der Waals surface area contributed by atoms with Gasteiger partial charge in [0.15, 0.2) is 11.6 Å². The van der Waals surface area contributed by atoms with E-state index in [0.717, 1.165) is 88.3 Å². The minimum absolute atomic E-state index is 0.557. The van der Waals surface area contributed by atoms with Crippen LogP contribution in [0, 0.1) is 0 Å². The summed E-state index contributed by atoms with van der Waals surface area (Å²) in [5.74, 6) is 1.75. The van der Waals surface area contributed by atoms with Crippen molar-refractivity contribution in [2.75, 3.05) is 0 Å². The third-order valence-electron chi connectivity index (χ3n) is 10.7. The van der Waals surface area contributed by atoms with Gasteiger partial charge in [0.05, 0.1) is 11.0 Å². The van der Waals surface area contributed by atoms with Crippen LogP contribution in [0.25, 0.3) is 106 Å². The Morgan fingerprint density at radius 1 is 0.339 bits per heavy atom. The first-order valence-electron chi connectivity index (χ1n) is 18.8. The highest BCUT2D eigenvalue weighted by Crippen LogP contribution is 2.39. The number of benzene rings is 8. The first-order chi connectivity index (χ1) is 27.7. The van der Waals surface area contributed by atoms with Gasteiger partial charge in [0.2, 0.25) is 5.95 Å². The van der Waals surface area contributed by atoms with Gasteiger partial charge in [-0.05, 0) is 63.7 Å². The Bertz CT molecular complexity index is 3240. The average Bonchev–Trinajstić information content (AvgIpc) is 3.83. The van der Waals surface area contributed by atoms with Crippen molar-refractivity contribution in [3.05, 3.63) is 194 Å². The van der Waals surface area contributed by atoms with Crippen molar-refractivity contribution >= 4 is 43.7 Å². The van der Waals surface area contributed by atoms with Crippen LogP contribution >= 0.6 is 0 Å². The quantitative estimate of drug-likeness (QED) is 0.172. The molecular formula is C51H32N4O. The van der Waals surface area contributed by atoms with E-state index in [4.69, 9.17) is 19.4 Å². The van der Waals surface area contributed by atoms with E-state index in [0.29, 0.717) is 17.6 Å². The van der Waals surface area contributed by atoms with Crippen molar-refractivity contribution < 1.29 is 4.42 Å². The van der Waals surface area contributed by atoms with Gasteiger partial charge >= 0.3 is 0 Å². The van der Waals surface area contributed by atoms with Crippen molar-refractivity contribution in [2.45, 2.75) is 0 Å². The largest absolute Gasteiger partial charge is 0.456 e. The summed E-state index contributed by atoms with van der Waals surface area (Å²) in [6, 6.07) is 67.5. The Morgan fingerprint density at radius 2 is 0.893 bits per heavy atom. The monoisotopic (exact) mass is 716 g/mol. The first kappa shape index (κ1) is 31.9. The summed E-state index contributed by atoms with van der Waals surface area (Å²) < 4.78 is 8.45. The summed E-state index contributed by atoms with van der Waals surface area (Å²) in [4.78, 5) is 15.7. The van der Waals surface area contributed by atoms with E-state index in [2.05, 4.69) is 168 Å². The Labute approximate surface area is 322 Å². The summed E-state index contributed by atoms with van der Waals surface area (Å²) in [5.41, 5.74) is 12.3. The number of furan rings is 1. The zero-order valence-corrected chi connectivity index (χ0v) is 30.2. The smallest absolute Gasteiger partial charge is 0.238 e. The van der Waals surface area contributed by atoms with Gasteiger partial charge in [-0.2, -0.15) is 9.97 Å². The Morgan fingerprint density at radius 3 is 1.70 bits per heavy atom. The van der Waals surface area contributed by atoms with Crippen LogP contribution < -0.4 is 0 Å². The fourth-order valence-corrected chi connectivity index (χ4v) is 8.00. The molecule has 0 saturated carbocycles. The molecule has 3 aromatic heterocycles. The molecule has 0 aliphatic heterocycles. The highest BCUT2D eigenvalue weighted by atomic mass is 16.3. The highest BCUT2D eigenvalue weighted by molar-refractivity contribution is 6.13. The van der Waals surface area contributed by atoms with Crippen molar-refractivity contribution in [2.24, 2.45) is 0 Å². The summed E-state index contributed by atoms with van der Waals surface area (Å²) >= 11 is 0. The van der Waals surface area contributed by atoms with Crippen molar-refractivity contribution in [3.8, 4) is 62.1 Å². The van der Waals surface area contributed by atoms with E-state index in [1.807, 2.05) is 30.3 Å². The van der Waals surface area contributed by atoms with Crippen LogP contribution in [0.2, 0.25) is 0 Å². The zero-order chi connectivity index (χ0) is 37.0. The fraction of sp³-hybridized carbons (Fsp3) is 0. The number of nitrogens with zero attached hydrogens (tertiary/aromatic N) is 4. The second-order valence-electron chi connectivity index (χ2n) is 14.0. The molecule has 5 heteroatoms. The normalized spacial score (nSPS) is 11.6. The van der Waals surface area contributed by atoms with Gasteiger partial charge in [-0.1, -0.05) is 164 Å². The van der Waals surface area contributed by atoms with Gasteiger partial charge in [-0.25, -0.2) is 4.98 Å². The molecule has 0 unspecified atom stereocenters. The van der Waals surface area contributed by atoms with E-state index < -0.39 is 0 Å². The predicted octanol–water partition coefficient (Wildman–Crippen LogP) is 13.2. The molecule has 0 radical (unpaired) electrons. The maximum absolute atomic E-state index is 6.26. The molecular weight excluding hydrogens is 685 g/mol. The van der Waals surface area contributed by atoms with Crippen LogP contribution in [0.4, 0.5) is 0 Å². The molecule has 0 N–H and O–H groups in total. The lowest BCUT2D eigenvalue weighted by Crippen LogP contribution is -2.06. The van der Waals surface area contributed by atoms with Gasteiger partial charge in [-0.3, -0.25) is 4.57 Å². The van der Waals surface area contributed by atoms with Crippen molar-refractivity contribution in [1.82, 2.24) is 19.5 Å². The van der Waals surface area contributed by atoms with Crippen molar-refractivity contribution in [1.29, 1.82) is 0 Å². The molecule has 56 heavy (non-hydrogen) atoms. The molecule has 0 saturated heterocycles. The van der Waals surface area contributed by atoms with Gasteiger partial charge in [-0.15, -0.1) is 0 Å². The van der Waals surface area contributed by atoms with E-state index in [-0.39, 0.29) is 0 Å². The summed E-state index contributed by atoms with van der Waals surface area (Å²) in [6.07, 6.45) is 0. The third kappa shape index (κ3) is 5.37. The molecule has 0 aliphatic carbocycles. The van der Waals surface area contributed by atoms with E-state index in [1.165, 1.54) is 0 Å². The van der Waals surface area contributed by atoms with E-state index in [1.54, 1.807) is 0 Å². The number of para-hydroxylation sites is 2. The number of aromatic nitrogens is 4. The Kier molecular flexibility index (Phi) is 7.42. The maximum Gasteiger partial charge on any atom is 0.238 e. The Hall–Kier alpha value is -7.63. The van der Waals surface area contributed by atoms with Gasteiger partial charge in [0, 0.05) is 32.7 Å². The molecule has 0 atom stereocenters. The van der Waals surface area contributed by atoms with Crippen LogP contribution in [0.1, 0.15) is 0 Å². The molecule has 262 valence electrons. The summed E-state index contributed by atoms with van der Waals surface area (Å²) in [6.45, 7) is 0. The van der Waals surface area contributed by atoms with Gasteiger partial charge in [0.25, 0.3) is 0 Å². The summed E-state index contributed by atoms with van der Waals surface area (Å²) in [7, 11) is 0. The number of rotatable bonds is 6. The van der Waals surface area contributed by atoms with Crippen molar-refractivity contribution in [3.63, 3.8) is 0 Å². The number of fused-ring (bicyclic) bond motifs is 6. The van der Waals surface area contributed by atoms with Crippen LogP contribution in [0.5, 0.6) is 0 Å². The summed E-state index contributed by atoms with van der Waals surface area (Å²) in [5, 5.41) is 4.46. The van der Waals surface area contributed by atoms with Crippen LogP contribution in [0.3, 0.4) is 0 Å². The maximum atomic E-state index is 6.26. The SMILES string of the molecule is c1ccc(-c2ccc(-c3nc(-c4cccc(-c5cccc6oc7ccccc7c56)c4)nc(-n4c5ccccc5c5ccc(-c6ccccc6)cc54)n3)cc2)cc1. The molecule has 11 aromatic rings. The lowest BCUT2D eigenvalue weighted by atomic mass is 9.98. The zero-order valence-electron chi connectivity index (χ0n) is 30.2. The van der Waals surface area contributed by atoms with Crippen LogP contribution in [-0.4, -0.2) is 19.5 Å². The minimum Gasteiger partial charge on any atom is -0.456 e. The van der Waals surface area contributed by atoms with Gasteiger partial charge < -0.3 is 4.42 Å². The van der Waals surface area contributed by atoms with E-state index in [9.17, 15) is 0 Å². The second-order valence-corrected chi connectivity index (χ2v) is 14.0.